The molecule has 0 aliphatic carbocycles. The zero-order valence-electron chi connectivity index (χ0n) is 15.2. The number of rotatable bonds is 4. The quantitative estimate of drug-likeness (QED) is 0.603. The van der Waals surface area contributed by atoms with Gasteiger partial charge in [-0.15, -0.1) is 0 Å². The van der Waals surface area contributed by atoms with Crippen LogP contribution in [0.25, 0.3) is 0 Å². The predicted molar refractivity (Wildman–Crippen MR) is 97.4 cm³/mol. The van der Waals surface area contributed by atoms with Gasteiger partial charge in [-0.1, -0.05) is 36.4 Å². The fourth-order valence-electron chi connectivity index (χ4n) is 2.30. The summed E-state index contributed by atoms with van der Waals surface area (Å²) in [6, 6.07) is 13.2. The van der Waals surface area contributed by atoms with Gasteiger partial charge in [0.2, 0.25) is 0 Å². The molecule has 2 aromatic carbocycles. The third-order valence-corrected chi connectivity index (χ3v) is 3.61. The summed E-state index contributed by atoms with van der Waals surface area (Å²) in [6.45, 7) is 5.35. The van der Waals surface area contributed by atoms with Crippen LogP contribution in [-0.2, 0) is 10.9 Å². The molecule has 2 rings (SSSR count). The van der Waals surface area contributed by atoms with Gasteiger partial charge in [0.25, 0.3) is 11.9 Å². The highest BCUT2D eigenvalue weighted by atomic mass is 19.4. The van der Waals surface area contributed by atoms with Gasteiger partial charge in [-0.3, -0.25) is 10.1 Å². The van der Waals surface area contributed by atoms with E-state index < -0.39 is 17.6 Å². The predicted octanol–water partition coefficient (Wildman–Crippen LogP) is 4.98. The Morgan fingerprint density at radius 1 is 1.04 bits per heavy atom. The van der Waals surface area contributed by atoms with Crippen LogP contribution in [-0.4, -0.2) is 18.0 Å². The number of hydrogen-bond donors (Lipinski definition) is 1. The van der Waals surface area contributed by atoms with Crippen molar-refractivity contribution in [1.29, 1.82) is 0 Å². The van der Waals surface area contributed by atoms with Crippen molar-refractivity contribution in [2.45, 2.75) is 39.1 Å². The first-order chi connectivity index (χ1) is 12.7. The van der Waals surface area contributed by atoms with E-state index in [1.54, 1.807) is 13.8 Å². The summed E-state index contributed by atoms with van der Waals surface area (Å²) in [6.07, 6.45) is -4.79. The molecule has 144 valence electrons. The van der Waals surface area contributed by atoms with Gasteiger partial charge in [0, 0.05) is 5.56 Å². The first kappa shape index (κ1) is 20.5. The van der Waals surface area contributed by atoms with Crippen LogP contribution in [0.1, 0.15) is 48.3 Å². The smallest absolute Gasteiger partial charge is 0.416 e. The van der Waals surface area contributed by atoms with Crippen molar-refractivity contribution in [3.63, 3.8) is 0 Å². The summed E-state index contributed by atoms with van der Waals surface area (Å²) in [5.74, 6) is -0.722. The molecule has 0 bridgehead atoms. The minimum atomic E-state index is -4.52. The van der Waals surface area contributed by atoms with Crippen molar-refractivity contribution in [2.75, 3.05) is 0 Å². The molecule has 0 radical (unpaired) electrons. The maximum Gasteiger partial charge on any atom is 0.416 e. The van der Waals surface area contributed by atoms with Gasteiger partial charge in [-0.05, 0) is 44.5 Å². The van der Waals surface area contributed by atoms with Gasteiger partial charge in [-0.25, -0.2) is 4.99 Å². The first-order valence-electron chi connectivity index (χ1n) is 8.45. The fraction of sp³-hybridized carbons (Fsp3) is 0.300. The van der Waals surface area contributed by atoms with E-state index in [0.717, 1.165) is 17.7 Å². The Bertz CT molecular complexity index is 802. The normalized spacial score (nSPS) is 13.4. The fourth-order valence-corrected chi connectivity index (χ4v) is 2.30. The van der Waals surface area contributed by atoms with Gasteiger partial charge >= 0.3 is 6.18 Å². The van der Waals surface area contributed by atoms with Gasteiger partial charge in [0.1, 0.15) is 0 Å². The molecule has 0 saturated carbocycles. The standard InChI is InChI=1S/C20H21F3N2O2/c1-13(2)27-19(24-14(3)15-8-5-4-6-9-15)25-18(26)16-10-7-11-17(12-16)20(21,22)23/h4-14H,1-3H3,(H,24,25,26)/t14-/m1/s1. The number of hydrogen-bond acceptors (Lipinski definition) is 3. The molecule has 0 unspecified atom stereocenters. The molecule has 1 atom stereocenters. The molecule has 1 N–H and O–H groups in total. The van der Waals surface area contributed by atoms with E-state index >= 15 is 0 Å². The number of aliphatic imine (C=N–C) groups is 1. The van der Waals surface area contributed by atoms with Crippen molar-refractivity contribution in [3.05, 3.63) is 71.3 Å². The zero-order chi connectivity index (χ0) is 20.0. The molecule has 0 fully saturated rings. The Morgan fingerprint density at radius 2 is 1.70 bits per heavy atom. The lowest BCUT2D eigenvalue weighted by molar-refractivity contribution is -0.137. The SMILES string of the molecule is CC(C)OC(=N[C@H](C)c1ccccc1)NC(=O)c1cccc(C(F)(F)F)c1. The number of benzene rings is 2. The van der Waals surface area contributed by atoms with Crippen molar-refractivity contribution in [2.24, 2.45) is 4.99 Å². The van der Waals surface area contributed by atoms with E-state index in [0.29, 0.717) is 0 Å². The maximum absolute atomic E-state index is 12.8. The van der Waals surface area contributed by atoms with E-state index in [9.17, 15) is 18.0 Å². The highest BCUT2D eigenvalue weighted by Gasteiger charge is 2.31. The summed E-state index contributed by atoms with van der Waals surface area (Å²) < 4.78 is 44.1. The Labute approximate surface area is 156 Å². The number of halogens is 3. The average molecular weight is 378 g/mol. The van der Waals surface area contributed by atoms with Gasteiger partial charge < -0.3 is 4.74 Å². The van der Waals surface area contributed by atoms with Crippen LogP contribution in [0.5, 0.6) is 0 Å². The number of alkyl halides is 3. The molecule has 0 aromatic heterocycles. The second-order valence-electron chi connectivity index (χ2n) is 6.22. The third kappa shape index (κ3) is 6.13. The van der Waals surface area contributed by atoms with Gasteiger partial charge in [0.05, 0.1) is 17.7 Å². The van der Waals surface area contributed by atoms with Crippen LogP contribution in [0.2, 0.25) is 0 Å². The highest BCUT2D eigenvalue weighted by Crippen LogP contribution is 2.29. The van der Waals surface area contributed by atoms with E-state index in [1.807, 2.05) is 37.3 Å². The van der Waals surface area contributed by atoms with E-state index in [1.165, 1.54) is 12.1 Å². The molecular formula is C20H21F3N2O2. The summed E-state index contributed by atoms with van der Waals surface area (Å²) >= 11 is 0. The van der Waals surface area contributed by atoms with Gasteiger partial charge in [-0.2, -0.15) is 13.2 Å². The van der Waals surface area contributed by atoms with Crippen molar-refractivity contribution in [1.82, 2.24) is 5.32 Å². The molecule has 2 aromatic rings. The lowest BCUT2D eigenvalue weighted by atomic mass is 10.1. The van der Waals surface area contributed by atoms with Crippen LogP contribution in [0.3, 0.4) is 0 Å². The highest BCUT2D eigenvalue weighted by molar-refractivity contribution is 6.04. The molecule has 27 heavy (non-hydrogen) atoms. The van der Waals surface area contributed by atoms with Gasteiger partial charge in [0.15, 0.2) is 0 Å². The minimum absolute atomic E-state index is 0.0382. The maximum atomic E-state index is 12.8. The second-order valence-corrected chi connectivity index (χ2v) is 6.22. The number of amidine groups is 1. The Kier molecular flexibility index (Phi) is 6.60. The summed E-state index contributed by atoms with van der Waals surface area (Å²) in [5, 5.41) is 2.47. The number of nitrogens with one attached hydrogen (secondary N) is 1. The monoisotopic (exact) mass is 378 g/mol. The zero-order valence-corrected chi connectivity index (χ0v) is 15.2. The number of amides is 1. The van der Waals surface area contributed by atoms with E-state index in [4.69, 9.17) is 4.74 Å². The van der Waals surface area contributed by atoms with Crippen molar-refractivity contribution in [3.8, 4) is 0 Å². The minimum Gasteiger partial charge on any atom is -0.462 e. The Hall–Kier alpha value is -2.83. The Morgan fingerprint density at radius 3 is 2.30 bits per heavy atom. The molecule has 0 heterocycles. The van der Waals surface area contributed by atoms with Crippen molar-refractivity contribution < 1.29 is 22.7 Å². The summed E-state index contributed by atoms with van der Waals surface area (Å²) in [5.41, 5.74) is -0.107. The lowest BCUT2D eigenvalue weighted by Crippen LogP contribution is -2.34. The average Bonchev–Trinajstić information content (AvgIpc) is 2.61. The van der Waals surface area contributed by atoms with Crippen LogP contribution < -0.4 is 5.32 Å². The largest absolute Gasteiger partial charge is 0.462 e. The van der Waals surface area contributed by atoms with Crippen LogP contribution in [0.4, 0.5) is 13.2 Å². The van der Waals surface area contributed by atoms with Crippen molar-refractivity contribution >= 4 is 11.9 Å². The first-order valence-corrected chi connectivity index (χ1v) is 8.45. The van der Waals surface area contributed by atoms with Crippen LogP contribution >= 0.6 is 0 Å². The molecule has 0 aliphatic heterocycles. The van der Waals surface area contributed by atoms with Crippen LogP contribution in [0, 0.1) is 0 Å². The third-order valence-electron chi connectivity index (χ3n) is 3.61. The number of carbonyl (C=O) groups is 1. The lowest BCUT2D eigenvalue weighted by Gasteiger charge is -2.16. The molecule has 0 saturated heterocycles. The molecule has 0 spiro atoms. The van der Waals surface area contributed by atoms with Crippen LogP contribution in [0.15, 0.2) is 59.6 Å². The summed E-state index contributed by atoms with van der Waals surface area (Å²) in [7, 11) is 0. The summed E-state index contributed by atoms with van der Waals surface area (Å²) in [4.78, 5) is 16.8. The molecular weight excluding hydrogens is 357 g/mol. The molecule has 4 nitrogen and oxygen atoms in total. The molecule has 0 aliphatic rings. The Balaban J connectivity index is 2.23. The van der Waals surface area contributed by atoms with E-state index in [-0.39, 0.29) is 23.7 Å². The molecule has 7 heteroatoms. The number of carbonyl (C=O) groups excluding carboxylic acids is 1. The topological polar surface area (TPSA) is 50.7 Å². The van der Waals surface area contributed by atoms with E-state index in [2.05, 4.69) is 10.3 Å². The number of ether oxygens (including phenoxy) is 1. The molecule has 1 amide bonds. The second kappa shape index (κ2) is 8.70. The number of nitrogens with zero attached hydrogens (tertiary/aromatic N) is 1.